The summed E-state index contributed by atoms with van der Waals surface area (Å²) in [5.41, 5.74) is 4.56. The van der Waals surface area contributed by atoms with E-state index in [0.717, 1.165) is 6.07 Å². The van der Waals surface area contributed by atoms with Gasteiger partial charge in [0.15, 0.2) is 0 Å². The van der Waals surface area contributed by atoms with Gasteiger partial charge in [0.25, 0.3) is 0 Å². The van der Waals surface area contributed by atoms with Crippen molar-refractivity contribution in [2.75, 3.05) is 11.9 Å². The number of carbonyl (C=O) groups is 1. The summed E-state index contributed by atoms with van der Waals surface area (Å²) in [6, 6.07) is 3.51. The van der Waals surface area contributed by atoms with E-state index in [2.05, 4.69) is 21.2 Å². The maximum absolute atomic E-state index is 12.6. The van der Waals surface area contributed by atoms with Gasteiger partial charge in [0.05, 0.1) is 5.56 Å². The number of benzene rings is 1. The Hall–Kier alpha value is -1.08. The van der Waals surface area contributed by atoms with Crippen molar-refractivity contribution in [3.05, 3.63) is 28.2 Å². The van der Waals surface area contributed by atoms with Gasteiger partial charge in [0.2, 0.25) is 5.91 Å². The number of rotatable bonds is 3. The third-order valence-corrected chi connectivity index (χ3v) is 3.03. The second-order valence-corrected chi connectivity index (χ2v) is 4.67. The molecule has 0 heterocycles. The van der Waals surface area contributed by atoms with Crippen molar-refractivity contribution >= 4 is 27.5 Å². The summed E-state index contributed by atoms with van der Waals surface area (Å²) in [6.07, 6.45) is -4.47. The molecule has 0 radical (unpaired) electrons. The molecule has 0 saturated carbocycles. The van der Waals surface area contributed by atoms with Crippen LogP contribution in [0.2, 0.25) is 0 Å². The number of carbonyl (C=O) groups excluding carboxylic acids is 1. The summed E-state index contributed by atoms with van der Waals surface area (Å²) < 4.78 is 37.8. The lowest BCUT2D eigenvalue weighted by Gasteiger charge is -2.13. The molecule has 0 aliphatic heterocycles. The maximum atomic E-state index is 12.6. The van der Waals surface area contributed by atoms with Crippen molar-refractivity contribution in [2.45, 2.75) is 13.1 Å². The Balaban J connectivity index is 2.96. The minimum absolute atomic E-state index is 0.0696. The summed E-state index contributed by atoms with van der Waals surface area (Å²) >= 11 is 2.82. The van der Waals surface area contributed by atoms with E-state index in [1.54, 1.807) is 6.92 Å². The molecule has 3 nitrogen and oxygen atoms in total. The quantitative estimate of drug-likeness (QED) is 0.898. The van der Waals surface area contributed by atoms with Crippen LogP contribution in [0.3, 0.4) is 0 Å². The molecule has 0 aliphatic rings. The molecule has 1 amide bonds. The van der Waals surface area contributed by atoms with Gasteiger partial charge >= 0.3 is 6.18 Å². The zero-order valence-electron chi connectivity index (χ0n) is 9.51. The normalized spacial score (nSPS) is 13.2. The van der Waals surface area contributed by atoms with E-state index in [9.17, 15) is 18.0 Å². The predicted octanol–water partition coefficient (Wildman–Crippen LogP) is 3.00. The summed E-state index contributed by atoms with van der Waals surface area (Å²) in [4.78, 5) is 11.5. The highest BCUT2D eigenvalue weighted by Crippen LogP contribution is 2.36. The molecule has 0 fully saturated rings. The van der Waals surface area contributed by atoms with Crippen LogP contribution in [-0.4, -0.2) is 12.5 Å². The zero-order valence-corrected chi connectivity index (χ0v) is 11.1. The Labute approximate surface area is 111 Å². The number of hydrogen-bond donors (Lipinski definition) is 2. The van der Waals surface area contributed by atoms with Crippen LogP contribution >= 0.6 is 15.9 Å². The minimum Gasteiger partial charge on any atom is -0.330 e. The molecule has 0 saturated heterocycles. The number of halogens is 4. The number of anilines is 1. The van der Waals surface area contributed by atoms with Crippen molar-refractivity contribution in [1.29, 1.82) is 0 Å². The van der Waals surface area contributed by atoms with Crippen molar-refractivity contribution in [3.63, 3.8) is 0 Å². The van der Waals surface area contributed by atoms with Gasteiger partial charge in [-0.1, -0.05) is 22.9 Å². The molecule has 100 valence electrons. The molecule has 0 bridgehead atoms. The molecule has 1 atom stereocenters. The van der Waals surface area contributed by atoms with E-state index in [-0.39, 0.29) is 16.7 Å². The molecular formula is C11H12BrF3N2O. The van der Waals surface area contributed by atoms with Crippen molar-refractivity contribution in [1.82, 2.24) is 0 Å². The van der Waals surface area contributed by atoms with Gasteiger partial charge in [-0.3, -0.25) is 4.79 Å². The van der Waals surface area contributed by atoms with Crippen LogP contribution in [0.1, 0.15) is 12.5 Å². The molecule has 7 heteroatoms. The molecular weight excluding hydrogens is 313 g/mol. The van der Waals surface area contributed by atoms with Gasteiger partial charge in [-0.2, -0.15) is 13.2 Å². The number of amides is 1. The van der Waals surface area contributed by atoms with E-state index in [0.29, 0.717) is 0 Å². The minimum atomic E-state index is -4.47. The first-order chi connectivity index (χ1) is 8.25. The lowest BCUT2D eigenvalue weighted by molar-refractivity contribution is -0.138. The molecule has 0 aromatic heterocycles. The van der Waals surface area contributed by atoms with Crippen LogP contribution in [0.4, 0.5) is 18.9 Å². The standard InChI is InChI=1S/C11H12BrF3N2O/c1-6(5-16)10(18)17-7-2-3-9(12)8(4-7)11(13,14)15/h2-4,6H,5,16H2,1H3,(H,17,18). The molecule has 1 rings (SSSR count). The zero-order chi connectivity index (χ0) is 13.9. The van der Waals surface area contributed by atoms with E-state index in [1.165, 1.54) is 12.1 Å². The smallest absolute Gasteiger partial charge is 0.330 e. The lowest BCUT2D eigenvalue weighted by atomic mass is 10.1. The van der Waals surface area contributed by atoms with Crippen molar-refractivity contribution in [2.24, 2.45) is 11.7 Å². The van der Waals surface area contributed by atoms with E-state index < -0.39 is 23.6 Å². The molecule has 0 spiro atoms. The topological polar surface area (TPSA) is 55.1 Å². The SMILES string of the molecule is CC(CN)C(=O)Nc1ccc(Br)c(C(F)(F)F)c1. The van der Waals surface area contributed by atoms with Crippen LogP contribution in [0.15, 0.2) is 22.7 Å². The fourth-order valence-corrected chi connectivity index (χ4v) is 1.66. The van der Waals surface area contributed by atoms with E-state index in [4.69, 9.17) is 5.73 Å². The Kier molecular flexibility index (Phi) is 4.75. The van der Waals surface area contributed by atoms with Gasteiger partial charge in [0, 0.05) is 22.6 Å². The predicted molar refractivity (Wildman–Crippen MR) is 66.0 cm³/mol. The highest BCUT2D eigenvalue weighted by molar-refractivity contribution is 9.10. The monoisotopic (exact) mass is 324 g/mol. The Morgan fingerprint density at radius 1 is 1.50 bits per heavy atom. The highest BCUT2D eigenvalue weighted by Gasteiger charge is 2.33. The number of alkyl halides is 3. The molecule has 3 N–H and O–H groups in total. The largest absolute Gasteiger partial charge is 0.417 e. The van der Waals surface area contributed by atoms with Crippen LogP contribution in [-0.2, 0) is 11.0 Å². The number of hydrogen-bond acceptors (Lipinski definition) is 2. The van der Waals surface area contributed by atoms with Gasteiger partial charge < -0.3 is 11.1 Å². The van der Waals surface area contributed by atoms with E-state index >= 15 is 0 Å². The molecule has 18 heavy (non-hydrogen) atoms. The molecule has 1 unspecified atom stereocenters. The van der Waals surface area contributed by atoms with Crippen molar-refractivity contribution in [3.8, 4) is 0 Å². The summed E-state index contributed by atoms with van der Waals surface area (Å²) in [5, 5.41) is 2.39. The lowest BCUT2D eigenvalue weighted by Crippen LogP contribution is -2.26. The Morgan fingerprint density at radius 2 is 2.11 bits per heavy atom. The molecule has 0 aliphatic carbocycles. The van der Waals surface area contributed by atoms with Gasteiger partial charge in [-0.05, 0) is 18.2 Å². The van der Waals surface area contributed by atoms with Gasteiger partial charge in [0.1, 0.15) is 0 Å². The van der Waals surface area contributed by atoms with Crippen LogP contribution in [0.25, 0.3) is 0 Å². The second kappa shape index (κ2) is 5.71. The first kappa shape index (κ1) is 15.0. The first-order valence-electron chi connectivity index (χ1n) is 5.13. The Bertz CT molecular complexity index is 448. The highest BCUT2D eigenvalue weighted by atomic mass is 79.9. The average Bonchev–Trinajstić information content (AvgIpc) is 2.29. The van der Waals surface area contributed by atoms with E-state index in [1.807, 2.05) is 0 Å². The van der Waals surface area contributed by atoms with Crippen molar-refractivity contribution < 1.29 is 18.0 Å². The third kappa shape index (κ3) is 3.71. The number of nitrogens with one attached hydrogen (secondary N) is 1. The average molecular weight is 325 g/mol. The first-order valence-corrected chi connectivity index (χ1v) is 5.92. The fourth-order valence-electron chi connectivity index (χ4n) is 1.19. The third-order valence-electron chi connectivity index (χ3n) is 2.34. The molecule has 1 aromatic rings. The maximum Gasteiger partial charge on any atom is 0.417 e. The number of nitrogens with two attached hydrogens (primary N) is 1. The van der Waals surface area contributed by atoms with Gasteiger partial charge in [-0.25, -0.2) is 0 Å². The Morgan fingerprint density at radius 3 is 2.61 bits per heavy atom. The summed E-state index contributed by atoms with van der Waals surface area (Å²) in [6.45, 7) is 1.73. The van der Waals surface area contributed by atoms with Crippen LogP contribution in [0, 0.1) is 5.92 Å². The summed E-state index contributed by atoms with van der Waals surface area (Å²) in [7, 11) is 0. The van der Waals surface area contributed by atoms with Crippen LogP contribution in [0.5, 0.6) is 0 Å². The second-order valence-electron chi connectivity index (χ2n) is 3.82. The van der Waals surface area contributed by atoms with Crippen LogP contribution < -0.4 is 11.1 Å². The fraction of sp³-hybridized carbons (Fsp3) is 0.364. The summed E-state index contributed by atoms with van der Waals surface area (Å²) in [5.74, 6) is -0.865. The molecule has 1 aromatic carbocycles. The van der Waals surface area contributed by atoms with Gasteiger partial charge in [-0.15, -0.1) is 0 Å².